The van der Waals surface area contributed by atoms with Crippen LogP contribution in [0.15, 0.2) is 66.7 Å². The van der Waals surface area contributed by atoms with Crippen LogP contribution in [-0.2, 0) is 22.7 Å². The molecule has 0 amide bonds. The van der Waals surface area contributed by atoms with Crippen LogP contribution in [0.1, 0.15) is 22.3 Å². The number of aliphatic hydroxyl groups is 1. The van der Waals surface area contributed by atoms with E-state index in [0.29, 0.717) is 16.9 Å². The summed E-state index contributed by atoms with van der Waals surface area (Å²) >= 11 is 0. The Morgan fingerprint density at radius 1 is 0.875 bits per heavy atom. The molecule has 0 fully saturated rings. The summed E-state index contributed by atoms with van der Waals surface area (Å²) < 4.78 is 11.0. The first-order valence-corrected chi connectivity index (χ1v) is 9.78. The van der Waals surface area contributed by atoms with Crippen molar-refractivity contribution in [1.29, 1.82) is 10.8 Å². The third kappa shape index (κ3) is 5.50. The van der Waals surface area contributed by atoms with E-state index in [1.165, 1.54) is 0 Å². The summed E-state index contributed by atoms with van der Waals surface area (Å²) in [5.41, 5.74) is 15.4. The molecule has 32 heavy (non-hydrogen) atoms. The van der Waals surface area contributed by atoms with Crippen molar-refractivity contribution >= 4 is 17.6 Å². The lowest BCUT2D eigenvalue weighted by molar-refractivity contribution is -0.148. The molecule has 0 heterocycles. The summed E-state index contributed by atoms with van der Waals surface area (Å²) in [5, 5.41) is 24.2. The Morgan fingerprint density at radius 3 is 2.25 bits per heavy atom. The fourth-order valence-electron chi connectivity index (χ4n) is 3.17. The van der Waals surface area contributed by atoms with Crippen LogP contribution in [0.5, 0.6) is 5.75 Å². The molecule has 0 aliphatic carbocycles. The number of carbonyl (C=O) groups excluding carboxylic acids is 1. The normalized spacial score (nSPS) is 10.4. The molecular formula is C24H24N4O4. The number of hydrogen-bond acceptors (Lipinski definition) is 6. The molecule has 0 spiro atoms. The molecule has 7 N–H and O–H groups in total. The number of benzene rings is 3. The molecule has 8 nitrogen and oxygen atoms in total. The van der Waals surface area contributed by atoms with E-state index < -0.39 is 12.6 Å². The van der Waals surface area contributed by atoms with Crippen LogP contribution in [0.2, 0.25) is 0 Å². The van der Waals surface area contributed by atoms with Gasteiger partial charge in [0.15, 0.2) is 0 Å². The van der Waals surface area contributed by atoms with Gasteiger partial charge < -0.3 is 26.0 Å². The van der Waals surface area contributed by atoms with Gasteiger partial charge in [-0.3, -0.25) is 10.8 Å². The van der Waals surface area contributed by atoms with Crippen LogP contribution >= 0.6 is 0 Å². The van der Waals surface area contributed by atoms with Crippen molar-refractivity contribution in [2.75, 3.05) is 6.61 Å². The SMILES string of the molecule is N=C(N)c1ccc(OCc2ccc(COC(=O)CO)c(-c3ccccc3)c2)cc1C(=N)N. The molecule has 0 radical (unpaired) electrons. The monoisotopic (exact) mass is 432 g/mol. The van der Waals surface area contributed by atoms with E-state index in [-0.39, 0.29) is 24.9 Å². The summed E-state index contributed by atoms with van der Waals surface area (Å²) in [7, 11) is 0. The van der Waals surface area contributed by atoms with Gasteiger partial charge in [-0.05, 0) is 46.5 Å². The summed E-state index contributed by atoms with van der Waals surface area (Å²) in [6, 6.07) is 20.2. The highest BCUT2D eigenvalue weighted by Gasteiger charge is 2.12. The van der Waals surface area contributed by atoms with Crippen LogP contribution in [0.3, 0.4) is 0 Å². The average Bonchev–Trinajstić information content (AvgIpc) is 2.81. The van der Waals surface area contributed by atoms with Gasteiger partial charge in [-0.1, -0.05) is 42.5 Å². The number of ether oxygens (including phenoxy) is 2. The molecule has 0 aliphatic rings. The number of rotatable bonds is 9. The van der Waals surface area contributed by atoms with Gasteiger partial charge >= 0.3 is 5.97 Å². The topological polar surface area (TPSA) is 156 Å². The van der Waals surface area contributed by atoms with E-state index in [0.717, 1.165) is 22.3 Å². The molecule has 3 aromatic rings. The highest BCUT2D eigenvalue weighted by Crippen LogP contribution is 2.27. The van der Waals surface area contributed by atoms with E-state index in [4.69, 9.17) is 36.9 Å². The first-order chi connectivity index (χ1) is 15.4. The van der Waals surface area contributed by atoms with Crippen molar-refractivity contribution in [3.63, 3.8) is 0 Å². The summed E-state index contributed by atoms with van der Waals surface area (Å²) in [4.78, 5) is 11.4. The molecule has 0 atom stereocenters. The van der Waals surface area contributed by atoms with Crippen molar-refractivity contribution in [1.82, 2.24) is 0 Å². The molecule has 0 saturated heterocycles. The molecule has 8 heteroatoms. The quantitative estimate of drug-likeness (QED) is 0.199. The van der Waals surface area contributed by atoms with Gasteiger partial charge in [0.1, 0.15) is 37.2 Å². The molecule has 3 rings (SSSR count). The molecular weight excluding hydrogens is 408 g/mol. The van der Waals surface area contributed by atoms with Gasteiger partial charge in [0.05, 0.1) is 0 Å². The first-order valence-electron chi connectivity index (χ1n) is 9.78. The number of esters is 1. The highest BCUT2D eigenvalue weighted by molar-refractivity contribution is 6.08. The summed E-state index contributed by atoms with van der Waals surface area (Å²) in [6.45, 7) is -0.385. The summed E-state index contributed by atoms with van der Waals surface area (Å²) in [6.07, 6.45) is 0. The van der Waals surface area contributed by atoms with Gasteiger partial charge in [-0.2, -0.15) is 0 Å². The minimum atomic E-state index is -0.688. The maximum absolute atomic E-state index is 11.4. The lowest BCUT2D eigenvalue weighted by Crippen LogP contribution is -2.20. The minimum absolute atomic E-state index is 0.0409. The molecule has 0 aromatic heterocycles. The Kier molecular flexibility index (Phi) is 7.20. The Labute approximate surface area is 185 Å². The maximum atomic E-state index is 11.4. The van der Waals surface area contributed by atoms with Crippen molar-refractivity contribution in [3.8, 4) is 16.9 Å². The Hall–Kier alpha value is -4.17. The number of carbonyl (C=O) groups is 1. The standard InChI is InChI=1S/C24H24N4O4/c25-23(26)19-9-8-18(11-21(19)24(27)28)31-13-15-6-7-17(14-32-22(30)12-29)20(10-15)16-4-2-1-3-5-16/h1-11,29H,12-14H2,(H3,25,26)(H3,27,28). The van der Waals surface area contributed by atoms with Crippen LogP contribution in [0.4, 0.5) is 0 Å². The van der Waals surface area contributed by atoms with Gasteiger partial charge in [0.25, 0.3) is 0 Å². The largest absolute Gasteiger partial charge is 0.489 e. The van der Waals surface area contributed by atoms with E-state index >= 15 is 0 Å². The number of hydrogen-bond donors (Lipinski definition) is 5. The molecule has 0 aliphatic heterocycles. The second-order valence-electron chi connectivity index (χ2n) is 7.00. The zero-order valence-corrected chi connectivity index (χ0v) is 17.3. The predicted molar refractivity (Wildman–Crippen MR) is 122 cm³/mol. The molecule has 0 bridgehead atoms. The van der Waals surface area contributed by atoms with Gasteiger partial charge in [-0.25, -0.2) is 4.79 Å². The zero-order valence-electron chi connectivity index (χ0n) is 17.3. The predicted octanol–water partition coefficient (Wildman–Crippen LogP) is 2.54. The second-order valence-corrected chi connectivity index (χ2v) is 7.00. The second kappa shape index (κ2) is 10.2. The minimum Gasteiger partial charge on any atom is -0.489 e. The number of nitrogens with one attached hydrogen (secondary N) is 2. The Morgan fingerprint density at radius 2 is 1.59 bits per heavy atom. The Bertz CT molecular complexity index is 1150. The average molecular weight is 432 g/mol. The molecule has 0 unspecified atom stereocenters. The summed E-state index contributed by atoms with van der Waals surface area (Å²) in [5.74, 6) is -0.574. The fourth-order valence-corrected chi connectivity index (χ4v) is 3.17. The third-order valence-electron chi connectivity index (χ3n) is 4.75. The van der Waals surface area contributed by atoms with Gasteiger partial charge in [0, 0.05) is 11.1 Å². The van der Waals surface area contributed by atoms with Gasteiger partial charge in [0.2, 0.25) is 0 Å². The van der Waals surface area contributed by atoms with Crippen molar-refractivity contribution in [2.45, 2.75) is 13.2 Å². The van der Waals surface area contributed by atoms with Gasteiger partial charge in [-0.15, -0.1) is 0 Å². The van der Waals surface area contributed by atoms with Crippen molar-refractivity contribution < 1.29 is 19.4 Å². The van der Waals surface area contributed by atoms with Crippen LogP contribution in [0.25, 0.3) is 11.1 Å². The smallest absolute Gasteiger partial charge is 0.332 e. The first kappa shape index (κ1) is 22.5. The molecule has 164 valence electrons. The number of amidine groups is 2. The molecule has 3 aromatic carbocycles. The third-order valence-corrected chi connectivity index (χ3v) is 4.75. The van der Waals surface area contributed by atoms with E-state index in [2.05, 4.69) is 0 Å². The lowest BCUT2D eigenvalue weighted by atomic mass is 9.98. The number of nitrogens with two attached hydrogens (primary N) is 2. The Balaban J connectivity index is 1.84. The van der Waals surface area contributed by atoms with Crippen molar-refractivity contribution in [3.05, 3.63) is 89.0 Å². The van der Waals surface area contributed by atoms with E-state index in [9.17, 15) is 4.79 Å². The van der Waals surface area contributed by atoms with Crippen LogP contribution in [0, 0.1) is 10.8 Å². The van der Waals surface area contributed by atoms with E-state index in [1.54, 1.807) is 18.2 Å². The van der Waals surface area contributed by atoms with Crippen LogP contribution < -0.4 is 16.2 Å². The highest BCUT2D eigenvalue weighted by atomic mass is 16.5. The van der Waals surface area contributed by atoms with Crippen LogP contribution in [-0.4, -0.2) is 29.4 Å². The van der Waals surface area contributed by atoms with E-state index in [1.807, 2.05) is 48.5 Å². The number of aliphatic hydroxyl groups excluding tert-OH is 1. The lowest BCUT2D eigenvalue weighted by Gasteiger charge is -2.14. The molecule has 0 saturated carbocycles. The number of nitrogen functional groups attached to an aromatic ring is 2. The maximum Gasteiger partial charge on any atom is 0.332 e. The fraction of sp³-hybridized carbons (Fsp3) is 0.125. The van der Waals surface area contributed by atoms with Crippen molar-refractivity contribution in [2.24, 2.45) is 11.5 Å². The zero-order chi connectivity index (χ0) is 23.1.